The quantitative estimate of drug-likeness (QED) is 0.491. The molecule has 0 aliphatic rings. The maximum absolute atomic E-state index is 10.7. The third-order valence-electron chi connectivity index (χ3n) is 2.98. The lowest BCUT2D eigenvalue weighted by Gasteiger charge is -2.31. The van der Waals surface area contributed by atoms with Crippen molar-refractivity contribution in [3.8, 4) is 0 Å². The van der Waals surface area contributed by atoms with Crippen LogP contribution in [0.5, 0.6) is 0 Å². The zero-order valence-corrected chi connectivity index (χ0v) is 12.3. The van der Waals surface area contributed by atoms with Crippen LogP contribution in [0.2, 0.25) is 0 Å². The average molecular weight is 297 g/mol. The van der Waals surface area contributed by atoms with Crippen LogP contribution in [0.15, 0.2) is 0 Å². The Balaban J connectivity index is 0. The van der Waals surface area contributed by atoms with Gasteiger partial charge in [0.2, 0.25) is 0 Å². The minimum Gasteiger partial charge on any atom is -0.279 e. The van der Waals surface area contributed by atoms with Crippen molar-refractivity contribution in [2.45, 2.75) is 33.2 Å². The summed E-state index contributed by atoms with van der Waals surface area (Å²) in [5, 5.41) is 0. The molecule has 0 amide bonds. The molecule has 17 heavy (non-hydrogen) atoms. The third kappa shape index (κ3) is 7.21. The predicted octanol–water partition coefficient (Wildman–Crippen LogP) is 3.48. The topological polar surface area (TPSA) is 54.4 Å². The van der Waals surface area contributed by atoms with E-state index in [0.29, 0.717) is 0 Å². The fraction of sp³-hybridized carbons (Fsp3) is 1.00. The number of rotatable bonds is 4. The fourth-order valence-corrected chi connectivity index (χ4v) is 4.02. The van der Waals surface area contributed by atoms with E-state index in [1.807, 2.05) is 0 Å². The van der Waals surface area contributed by atoms with Gasteiger partial charge in [0.15, 0.2) is 0 Å². The summed E-state index contributed by atoms with van der Waals surface area (Å²) in [7, 11) is -6.26. The summed E-state index contributed by atoms with van der Waals surface area (Å²) in [5.74, 6) is 0. The summed E-state index contributed by atoms with van der Waals surface area (Å²) >= 11 is 0. The molecule has 0 saturated heterocycles. The molecule has 0 aromatic heterocycles. The van der Waals surface area contributed by atoms with E-state index >= 15 is 0 Å². The molecule has 0 saturated carbocycles. The number of hydrogen-bond donors (Lipinski definition) is 1. The van der Waals surface area contributed by atoms with Gasteiger partial charge < -0.3 is 0 Å². The SMILES string of the molecule is CC[P](CC)(CC)CC.O=S(=O)(O)C(F)(F)F. The molecule has 107 valence electrons. The van der Waals surface area contributed by atoms with Gasteiger partial charge in [-0.05, 0) is 24.6 Å². The van der Waals surface area contributed by atoms with E-state index < -0.39 is 22.9 Å². The lowest BCUT2D eigenvalue weighted by Crippen LogP contribution is -2.21. The first-order chi connectivity index (χ1) is 7.49. The second kappa shape index (κ2) is 7.54. The predicted molar refractivity (Wildman–Crippen MR) is 66.7 cm³/mol. The van der Waals surface area contributed by atoms with Crippen molar-refractivity contribution in [3.63, 3.8) is 0 Å². The van der Waals surface area contributed by atoms with Crippen LogP contribution in [0, 0.1) is 0 Å². The molecule has 0 aromatic rings. The van der Waals surface area contributed by atoms with Crippen LogP contribution in [-0.4, -0.2) is 43.1 Å². The molecule has 3 nitrogen and oxygen atoms in total. The lowest BCUT2D eigenvalue weighted by atomic mass is 10.9. The largest absolute Gasteiger partial charge is 0.522 e. The number of alkyl halides is 3. The van der Waals surface area contributed by atoms with Crippen molar-refractivity contribution in [2.24, 2.45) is 0 Å². The molecule has 1 N–H and O–H groups in total. The Morgan fingerprint density at radius 3 is 1.12 bits per heavy atom. The van der Waals surface area contributed by atoms with Crippen LogP contribution in [0.4, 0.5) is 13.2 Å². The molecule has 0 bridgehead atoms. The summed E-state index contributed by atoms with van der Waals surface area (Å²) in [6.07, 6.45) is 5.82. The Labute approximate surface area is 102 Å². The molecule has 0 aromatic carbocycles. The fourth-order valence-electron chi connectivity index (χ4n) is 1.34. The molecular weight excluding hydrogens is 276 g/mol. The molecule has 0 spiro atoms. The first kappa shape index (κ1) is 19.5. The average Bonchev–Trinajstić information content (AvgIpc) is 2.20. The van der Waals surface area contributed by atoms with Gasteiger partial charge in [0, 0.05) is 0 Å². The van der Waals surface area contributed by atoms with E-state index in [-0.39, 0.29) is 0 Å². The summed E-state index contributed by atoms with van der Waals surface area (Å²) in [4.78, 5) is 0. The minimum absolute atomic E-state index is 0.420. The maximum Gasteiger partial charge on any atom is 0.522 e. The highest BCUT2D eigenvalue weighted by molar-refractivity contribution is 7.86. The highest BCUT2D eigenvalue weighted by Crippen LogP contribution is 2.57. The normalized spacial score (nSPS) is 12.9. The van der Waals surface area contributed by atoms with Crippen LogP contribution in [0.3, 0.4) is 0 Å². The van der Waals surface area contributed by atoms with E-state index in [4.69, 9.17) is 13.0 Å². The molecule has 0 unspecified atom stereocenters. The van der Waals surface area contributed by atoms with Crippen LogP contribution < -0.4 is 0 Å². The van der Waals surface area contributed by atoms with Gasteiger partial charge in [-0.1, -0.05) is 27.7 Å². The third-order valence-corrected chi connectivity index (χ3v) is 8.93. The van der Waals surface area contributed by atoms with E-state index in [2.05, 4.69) is 27.7 Å². The van der Waals surface area contributed by atoms with Crippen LogP contribution in [0.1, 0.15) is 27.7 Å². The molecule has 0 aliphatic heterocycles. The molecule has 8 heteroatoms. The summed E-state index contributed by atoms with van der Waals surface area (Å²) in [5.41, 5.74) is -5.53. The van der Waals surface area contributed by atoms with Crippen molar-refractivity contribution < 1.29 is 26.1 Å². The molecule has 0 fully saturated rings. The first-order valence-corrected chi connectivity index (χ1v) is 9.35. The van der Waals surface area contributed by atoms with Gasteiger partial charge in [0.05, 0.1) is 0 Å². The van der Waals surface area contributed by atoms with Gasteiger partial charge >= 0.3 is 15.6 Å². The van der Waals surface area contributed by atoms with Gasteiger partial charge in [0.25, 0.3) is 0 Å². The zero-order valence-electron chi connectivity index (χ0n) is 10.6. The second-order valence-corrected chi connectivity index (χ2v) is 10.2. The van der Waals surface area contributed by atoms with Gasteiger partial charge in [-0.2, -0.15) is 21.6 Å². The monoisotopic (exact) mass is 297 g/mol. The zero-order chi connectivity index (χ0) is 14.3. The molecule has 0 heterocycles. The Kier molecular flexibility index (Phi) is 8.63. The van der Waals surface area contributed by atoms with E-state index in [1.165, 1.54) is 24.6 Å². The number of hydrogen-bond acceptors (Lipinski definition) is 2. The molecule has 0 rings (SSSR count). The Morgan fingerprint density at radius 2 is 1.12 bits per heavy atom. The molecule has 0 aliphatic carbocycles. The summed E-state index contributed by atoms with van der Waals surface area (Å²) < 4.78 is 57.5. The Hall–Kier alpha value is 0.130. The van der Waals surface area contributed by atoms with Gasteiger partial charge in [-0.25, -0.2) is 0 Å². The maximum atomic E-state index is 10.7. The van der Waals surface area contributed by atoms with Crippen molar-refractivity contribution in [1.29, 1.82) is 0 Å². The van der Waals surface area contributed by atoms with E-state index in [9.17, 15) is 13.2 Å². The Bertz CT molecular complexity index is 280. The van der Waals surface area contributed by atoms with Crippen molar-refractivity contribution >= 4 is 17.4 Å². The molecule has 1 radical (unpaired) electrons. The summed E-state index contributed by atoms with van der Waals surface area (Å²) in [6, 6.07) is 0. The minimum atomic E-state index is -5.84. The van der Waals surface area contributed by atoms with Gasteiger partial charge in [-0.15, -0.1) is 7.26 Å². The van der Waals surface area contributed by atoms with E-state index in [0.717, 1.165) is 0 Å². The van der Waals surface area contributed by atoms with Gasteiger partial charge in [0.1, 0.15) is 0 Å². The van der Waals surface area contributed by atoms with Crippen molar-refractivity contribution in [2.75, 3.05) is 24.6 Å². The second-order valence-electron chi connectivity index (χ2n) is 3.53. The summed E-state index contributed by atoms with van der Waals surface area (Å²) in [6.45, 7) is 9.41. The van der Waals surface area contributed by atoms with Crippen molar-refractivity contribution in [1.82, 2.24) is 0 Å². The van der Waals surface area contributed by atoms with Crippen LogP contribution in [-0.2, 0) is 10.1 Å². The first-order valence-electron chi connectivity index (χ1n) is 5.38. The number of halogens is 3. The molecular formula is C9H21F3O3PS. The van der Waals surface area contributed by atoms with Gasteiger partial charge in [-0.3, -0.25) is 4.55 Å². The standard InChI is InChI=1S/C8H20P.CHF3O3S/c1-5-9(6-2,7-3)8-4;2-1(3,4)8(5,6)7/h5-8H2,1-4H3;(H,5,6,7). The lowest BCUT2D eigenvalue weighted by molar-refractivity contribution is -0.0510. The molecule has 0 atom stereocenters. The Morgan fingerprint density at radius 1 is 0.941 bits per heavy atom. The van der Waals surface area contributed by atoms with Crippen LogP contribution >= 0.6 is 7.26 Å². The smallest absolute Gasteiger partial charge is 0.279 e. The van der Waals surface area contributed by atoms with Crippen molar-refractivity contribution in [3.05, 3.63) is 0 Å². The van der Waals surface area contributed by atoms with Crippen LogP contribution in [0.25, 0.3) is 0 Å². The highest BCUT2D eigenvalue weighted by atomic mass is 32.2. The highest BCUT2D eigenvalue weighted by Gasteiger charge is 2.44. The van der Waals surface area contributed by atoms with E-state index in [1.54, 1.807) is 0 Å².